The SMILES string of the molecule is CCCCCn1c(=O)n(CC(=O)NC2CC2)c(=O)c2scc(Br)c21. The van der Waals surface area contributed by atoms with Crippen molar-refractivity contribution in [2.45, 2.75) is 58.2 Å². The Labute approximate surface area is 151 Å². The molecule has 8 heteroatoms. The summed E-state index contributed by atoms with van der Waals surface area (Å²) in [6.45, 7) is 2.43. The van der Waals surface area contributed by atoms with Crippen molar-refractivity contribution in [2.24, 2.45) is 0 Å². The minimum absolute atomic E-state index is 0.208. The quantitative estimate of drug-likeness (QED) is 0.708. The van der Waals surface area contributed by atoms with E-state index in [1.54, 1.807) is 4.57 Å². The molecule has 1 aliphatic rings. The van der Waals surface area contributed by atoms with Gasteiger partial charge < -0.3 is 5.32 Å². The number of hydrogen-bond acceptors (Lipinski definition) is 4. The fraction of sp³-hybridized carbons (Fsp3) is 0.562. The van der Waals surface area contributed by atoms with Crippen LogP contribution < -0.4 is 16.6 Å². The number of aryl methyl sites for hydroxylation is 1. The van der Waals surface area contributed by atoms with Crippen LogP contribution in [0.4, 0.5) is 0 Å². The van der Waals surface area contributed by atoms with Gasteiger partial charge in [0.2, 0.25) is 5.91 Å². The normalized spacial score (nSPS) is 14.2. The van der Waals surface area contributed by atoms with Crippen LogP contribution >= 0.6 is 27.3 Å². The molecule has 2 aromatic heterocycles. The molecule has 1 saturated carbocycles. The largest absolute Gasteiger partial charge is 0.352 e. The van der Waals surface area contributed by atoms with E-state index in [9.17, 15) is 14.4 Å². The number of halogens is 1. The van der Waals surface area contributed by atoms with Crippen molar-refractivity contribution in [1.29, 1.82) is 0 Å². The first kappa shape index (κ1) is 17.4. The third-order valence-electron chi connectivity index (χ3n) is 4.12. The third-order valence-corrected chi connectivity index (χ3v) is 5.99. The molecule has 0 bridgehead atoms. The van der Waals surface area contributed by atoms with E-state index >= 15 is 0 Å². The predicted octanol–water partition coefficient (Wildman–Crippen LogP) is 2.46. The van der Waals surface area contributed by atoms with Crippen LogP contribution in [0, 0.1) is 0 Å². The lowest BCUT2D eigenvalue weighted by Gasteiger charge is -2.12. The summed E-state index contributed by atoms with van der Waals surface area (Å²) in [5, 5.41) is 4.65. The first-order valence-corrected chi connectivity index (χ1v) is 9.90. The monoisotopic (exact) mass is 413 g/mol. The molecular formula is C16H20BrN3O3S. The highest BCUT2D eigenvalue weighted by molar-refractivity contribution is 9.10. The Morgan fingerprint density at radius 2 is 2.08 bits per heavy atom. The van der Waals surface area contributed by atoms with Gasteiger partial charge in [-0.3, -0.25) is 14.2 Å². The van der Waals surface area contributed by atoms with Crippen molar-refractivity contribution in [2.75, 3.05) is 0 Å². The van der Waals surface area contributed by atoms with E-state index < -0.39 is 5.69 Å². The second kappa shape index (κ2) is 7.23. The number of thiophene rings is 1. The predicted molar refractivity (Wildman–Crippen MR) is 98.7 cm³/mol. The number of aromatic nitrogens is 2. The highest BCUT2D eigenvalue weighted by Crippen LogP contribution is 2.27. The summed E-state index contributed by atoms with van der Waals surface area (Å²) in [6.07, 6.45) is 4.86. The van der Waals surface area contributed by atoms with Gasteiger partial charge in [0.05, 0.1) is 9.99 Å². The summed E-state index contributed by atoms with van der Waals surface area (Å²) in [7, 11) is 0. The molecule has 0 atom stereocenters. The van der Waals surface area contributed by atoms with Gasteiger partial charge in [-0.05, 0) is 35.2 Å². The van der Waals surface area contributed by atoms with E-state index in [1.807, 2.05) is 5.38 Å². The molecule has 1 aliphatic carbocycles. The van der Waals surface area contributed by atoms with E-state index in [-0.39, 0.29) is 24.1 Å². The fourth-order valence-corrected chi connectivity index (χ4v) is 4.40. The summed E-state index contributed by atoms with van der Waals surface area (Å²) < 4.78 is 3.95. The van der Waals surface area contributed by atoms with Gasteiger partial charge in [-0.25, -0.2) is 9.36 Å². The van der Waals surface area contributed by atoms with Crippen LogP contribution in [0.5, 0.6) is 0 Å². The van der Waals surface area contributed by atoms with Crippen LogP contribution in [0.15, 0.2) is 19.4 Å². The van der Waals surface area contributed by atoms with Gasteiger partial charge in [0, 0.05) is 18.0 Å². The minimum atomic E-state index is -0.409. The first-order chi connectivity index (χ1) is 11.5. The smallest absolute Gasteiger partial charge is 0.332 e. The number of hydrogen-bond donors (Lipinski definition) is 1. The van der Waals surface area contributed by atoms with E-state index in [2.05, 4.69) is 28.2 Å². The fourth-order valence-electron chi connectivity index (χ4n) is 2.70. The van der Waals surface area contributed by atoms with Crippen molar-refractivity contribution >= 4 is 43.4 Å². The summed E-state index contributed by atoms with van der Waals surface area (Å²) in [5.74, 6) is -0.271. The third kappa shape index (κ3) is 3.49. The van der Waals surface area contributed by atoms with Gasteiger partial charge in [-0.2, -0.15) is 0 Å². The molecule has 3 rings (SSSR count). The molecule has 2 aromatic rings. The van der Waals surface area contributed by atoms with E-state index in [4.69, 9.17) is 0 Å². The molecule has 0 unspecified atom stereocenters. The number of nitrogens with zero attached hydrogens (tertiary/aromatic N) is 2. The molecule has 1 amide bonds. The molecule has 0 spiro atoms. The molecule has 1 N–H and O–H groups in total. The van der Waals surface area contributed by atoms with Gasteiger partial charge in [0.25, 0.3) is 5.56 Å². The molecule has 0 saturated heterocycles. The lowest BCUT2D eigenvalue weighted by Crippen LogP contribution is -2.44. The van der Waals surface area contributed by atoms with Crippen LogP contribution in [0.25, 0.3) is 10.2 Å². The van der Waals surface area contributed by atoms with Crippen LogP contribution in [-0.2, 0) is 17.9 Å². The summed E-state index contributed by atoms with van der Waals surface area (Å²) >= 11 is 4.73. The summed E-state index contributed by atoms with van der Waals surface area (Å²) in [4.78, 5) is 37.5. The standard InChI is InChI=1S/C16H20BrN3O3S/c1-2-3-4-7-19-13-11(17)9-24-14(13)15(22)20(16(19)23)8-12(21)18-10-5-6-10/h9-10H,2-8H2,1H3,(H,18,21). The molecule has 0 aliphatic heterocycles. The lowest BCUT2D eigenvalue weighted by atomic mass is 10.2. The molecule has 1 fully saturated rings. The van der Waals surface area contributed by atoms with Crippen molar-refractivity contribution in [1.82, 2.24) is 14.5 Å². The molecule has 0 aromatic carbocycles. The topological polar surface area (TPSA) is 73.1 Å². The Bertz CT molecular complexity index is 879. The zero-order valence-corrected chi connectivity index (χ0v) is 15.9. The van der Waals surface area contributed by atoms with Gasteiger partial charge in [0.15, 0.2) is 0 Å². The maximum absolute atomic E-state index is 12.8. The number of unbranched alkanes of at least 4 members (excludes halogenated alkanes) is 2. The van der Waals surface area contributed by atoms with Crippen molar-refractivity contribution in [3.63, 3.8) is 0 Å². The molecule has 2 heterocycles. The van der Waals surface area contributed by atoms with E-state index in [0.717, 1.165) is 41.1 Å². The average molecular weight is 414 g/mol. The van der Waals surface area contributed by atoms with Gasteiger partial charge in [-0.15, -0.1) is 11.3 Å². The molecule has 6 nitrogen and oxygen atoms in total. The highest BCUT2D eigenvalue weighted by atomic mass is 79.9. The summed E-state index contributed by atoms with van der Waals surface area (Å²) in [6, 6.07) is 0.208. The Kier molecular flexibility index (Phi) is 5.24. The van der Waals surface area contributed by atoms with Gasteiger partial charge in [0.1, 0.15) is 11.2 Å². The average Bonchev–Trinajstić information content (AvgIpc) is 3.27. The number of amides is 1. The summed E-state index contributed by atoms with van der Waals surface area (Å²) in [5.41, 5.74) is -0.151. The zero-order chi connectivity index (χ0) is 17.3. The Balaban J connectivity index is 2.02. The highest BCUT2D eigenvalue weighted by Gasteiger charge is 2.24. The Morgan fingerprint density at radius 3 is 2.75 bits per heavy atom. The number of nitrogens with one attached hydrogen (secondary N) is 1. The Hall–Kier alpha value is -1.41. The Morgan fingerprint density at radius 1 is 1.33 bits per heavy atom. The van der Waals surface area contributed by atoms with Crippen molar-refractivity contribution < 1.29 is 4.79 Å². The maximum Gasteiger partial charge on any atom is 0.332 e. The first-order valence-electron chi connectivity index (χ1n) is 8.22. The molecule has 130 valence electrons. The number of rotatable bonds is 7. The lowest BCUT2D eigenvalue weighted by molar-refractivity contribution is -0.121. The molecular weight excluding hydrogens is 394 g/mol. The maximum atomic E-state index is 12.8. The van der Waals surface area contributed by atoms with Crippen LogP contribution in [0.3, 0.4) is 0 Å². The van der Waals surface area contributed by atoms with E-state index in [0.29, 0.717) is 16.8 Å². The molecule has 0 radical (unpaired) electrons. The van der Waals surface area contributed by atoms with Crippen LogP contribution in [0.2, 0.25) is 0 Å². The second-order valence-electron chi connectivity index (χ2n) is 6.14. The van der Waals surface area contributed by atoms with Crippen molar-refractivity contribution in [3.8, 4) is 0 Å². The number of fused-ring (bicyclic) bond motifs is 1. The van der Waals surface area contributed by atoms with Gasteiger partial charge in [-0.1, -0.05) is 19.8 Å². The van der Waals surface area contributed by atoms with Gasteiger partial charge >= 0.3 is 5.69 Å². The van der Waals surface area contributed by atoms with Crippen LogP contribution in [-0.4, -0.2) is 21.1 Å². The number of carbonyl (C=O) groups is 1. The second-order valence-corrected chi connectivity index (χ2v) is 7.87. The zero-order valence-electron chi connectivity index (χ0n) is 13.5. The van der Waals surface area contributed by atoms with Crippen LogP contribution in [0.1, 0.15) is 39.0 Å². The van der Waals surface area contributed by atoms with Crippen molar-refractivity contribution in [3.05, 3.63) is 30.7 Å². The van der Waals surface area contributed by atoms with E-state index in [1.165, 1.54) is 11.3 Å². The minimum Gasteiger partial charge on any atom is -0.352 e. The number of carbonyl (C=O) groups excluding carboxylic acids is 1. The molecule has 24 heavy (non-hydrogen) atoms.